The molecule has 0 spiro atoms. The van der Waals surface area contributed by atoms with Gasteiger partial charge in [0.15, 0.2) is 10.8 Å². The lowest BCUT2D eigenvalue weighted by atomic mass is 10.0. The van der Waals surface area contributed by atoms with E-state index in [1.165, 1.54) is 11.3 Å². The molecule has 2 aliphatic heterocycles. The van der Waals surface area contributed by atoms with E-state index < -0.39 is 5.97 Å². The van der Waals surface area contributed by atoms with Crippen LogP contribution < -0.4 is 5.32 Å². The summed E-state index contributed by atoms with van der Waals surface area (Å²) in [5, 5.41) is 14.8. The van der Waals surface area contributed by atoms with Gasteiger partial charge in [-0.1, -0.05) is 6.42 Å². The van der Waals surface area contributed by atoms with E-state index in [1.807, 2.05) is 5.38 Å². The van der Waals surface area contributed by atoms with E-state index in [1.54, 1.807) is 13.1 Å². The highest BCUT2D eigenvalue weighted by Crippen LogP contribution is 2.20. The van der Waals surface area contributed by atoms with E-state index in [4.69, 9.17) is 14.6 Å². The van der Waals surface area contributed by atoms with Crippen molar-refractivity contribution in [2.45, 2.75) is 38.6 Å². The van der Waals surface area contributed by atoms with Crippen LogP contribution in [0.4, 0.5) is 0 Å². The summed E-state index contributed by atoms with van der Waals surface area (Å²) in [7, 11) is 0. The summed E-state index contributed by atoms with van der Waals surface area (Å²) in [6.07, 6.45) is 4.22. The Hall–Kier alpha value is -2.30. The first-order valence-electron chi connectivity index (χ1n) is 10.2. The Morgan fingerprint density at radius 1 is 1.43 bits per heavy atom. The third-order valence-electron chi connectivity index (χ3n) is 5.07. The van der Waals surface area contributed by atoms with Crippen molar-refractivity contribution < 1.29 is 24.2 Å². The Labute approximate surface area is 179 Å². The third kappa shape index (κ3) is 6.10. The molecule has 1 aromatic heterocycles. The summed E-state index contributed by atoms with van der Waals surface area (Å²) in [4.78, 5) is 34.3. The molecule has 0 aliphatic carbocycles. The second kappa shape index (κ2) is 11.2. The summed E-state index contributed by atoms with van der Waals surface area (Å²) < 4.78 is 10.9. The highest BCUT2D eigenvalue weighted by Gasteiger charge is 2.29. The first-order chi connectivity index (χ1) is 14.6. The first-order valence-corrected chi connectivity index (χ1v) is 11.1. The van der Waals surface area contributed by atoms with Crippen molar-refractivity contribution in [3.05, 3.63) is 27.9 Å². The average molecular weight is 437 g/mol. The number of rotatable bonds is 10. The number of hydrogen-bond acceptors (Lipinski definition) is 9. The van der Waals surface area contributed by atoms with Crippen molar-refractivity contribution in [1.29, 1.82) is 0 Å². The fourth-order valence-electron chi connectivity index (χ4n) is 3.54. The monoisotopic (exact) mass is 436 g/mol. The molecule has 1 saturated heterocycles. The van der Waals surface area contributed by atoms with Gasteiger partial charge in [0.25, 0.3) is 0 Å². The second-order valence-corrected chi connectivity index (χ2v) is 8.04. The van der Waals surface area contributed by atoms with Gasteiger partial charge in [0.05, 0.1) is 31.9 Å². The highest BCUT2D eigenvalue weighted by molar-refractivity contribution is 7.11. The first kappa shape index (κ1) is 22.4. The number of unbranched alkanes of at least 4 members (excludes halogenated alkanes) is 1. The van der Waals surface area contributed by atoms with Crippen LogP contribution in [-0.2, 0) is 19.1 Å². The lowest BCUT2D eigenvalue weighted by molar-refractivity contribution is -0.139. The number of hydrogen-bond donors (Lipinski definition) is 2. The molecule has 0 bridgehead atoms. The summed E-state index contributed by atoms with van der Waals surface area (Å²) in [6.45, 7) is 4.86. The van der Waals surface area contributed by atoms with Crippen LogP contribution in [-0.4, -0.2) is 78.3 Å². The zero-order valence-electron chi connectivity index (χ0n) is 17.1. The van der Waals surface area contributed by atoms with E-state index in [0.29, 0.717) is 44.2 Å². The maximum atomic E-state index is 12.5. The van der Waals surface area contributed by atoms with Crippen molar-refractivity contribution >= 4 is 29.1 Å². The number of aliphatic imine (C=N–C) groups is 1. The number of carboxylic acids is 1. The Morgan fingerprint density at radius 2 is 2.30 bits per heavy atom. The molecule has 0 radical (unpaired) electrons. The summed E-state index contributed by atoms with van der Waals surface area (Å²) >= 11 is 1.49. The molecule has 1 fully saturated rings. The molecule has 1 unspecified atom stereocenters. The molecular formula is C20H28N4O5S. The standard InChI is InChI=1S/C20H28N4O5S/c1-2-29-20(27)15-11-22-18(19-21-7-10-30-19)23-16(15)12-24-8-9-28-13-14(24)5-3-4-6-17(25)26/h7,10,14H,2-6,8-9,11-13H2,1H3,(H,22,23)(H,25,26). The van der Waals surface area contributed by atoms with E-state index >= 15 is 0 Å². The van der Waals surface area contributed by atoms with Gasteiger partial charge < -0.3 is 19.9 Å². The van der Waals surface area contributed by atoms with Gasteiger partial charge in [0, 0.05) is 42.8 Å². The van der Waals surface area contributed by atoms with Crippen LogP contribution in [0.3, 0.4) is 0 Å². The van der Waals surface area contributed by atoms with Gasteiger partial charge >= 0.3 is 11.9 Å². The maximum Gasteiger partial charge on any atom is 0.337 e. The van der Waals surface area contributed by atoms with Crippen LogP contribution in [0, 0.1) is 0 Å². The van der Waals surface area contributed by atoms with Gasteiger partial charge in [0.1, 0.15) is 0 Å². The van der Waals surface area contributed by atoms with Crippen LogP contribution in [0.15, 0.2) is 27.8 Å². The second-order valence-electron chi connectivity index (χ2n) is 7.14. The average Bonchev–Trinajstić information content (AvgIpc) is 3.27. The number of carbonyl (C=O) groups excluding carboxylic acids is 1. The zero-order valence-corrected chi connectivity index (χ0v) is 17.9. The minimum atomic E-state index is -0.767. The van der Waals surface area contributed by atoms with Crippen LogP contribution in [0.2, 0.25) is 0 Å². The van der Waals surface area contributed by atoms with Gasteiger partial charge in [-0.2, -0.15) is 0 Å². The number of nitrogens with one attached hydrogen (secondary N) is 1. The molecular weight excluding hydrogens is 408 g/mol. The number of amidine groups is 1. The Bertz CT molecular complexity index is 793. The molecule has 30 heavy (non-hydrogen) atoms. The number of ether oxygens (including phenoxy) is 2. The molecule has 0 aromatic carbocycles. The van der Waals surface area contributed by atoms with Gasteiger partial charge in [-0.25, -0.2) is 9.78 Å². The molecule has 1 aromatic rings. The number of carboxylic acid groups (broad SMARTS) is 1. The number of aromatic nitrogens is 1. The normalized spacial score (nSPS) is 19.9. The Balaban J connectivity index is 1.70. The highest BCUT2D eigenvalue weighted by atomic mass is 32.1. The maximum absolute atomic E-state index is 12.5. The zero-order chi connectivity index (χ0) is 21.3. The van der Waals surface area contributed by atoms with E-state index in [2.05, 4.69) is 20.2 Å². The molecule has 1 atom stereocenters. The predicted octanol–water partition coefficient (Wildman–Crippen LogP) is 1.66. The summed E-state index contributed by atoms with van der Waals surface area (Å²) in [5.41, 5.74) is 1.32. The number of esters is 1. The molecule has 2 aliphatic rings. The minimum Gasteiger partial charge on any atom is -0.481 e. The van der Waals surface area contributed by atoms with Crippen molar-refractivity contribution in [1.82, 2.24) is 15.2 Å². The number of nitrogens with zero attached hydrogens (tertiary/aromatic N) is 3. The molecule has 10 heteroatoms. The molecule has 0 saturated carbocycles. The minimum absolute atomic E-state index is 0.174. The summed E-state index contributed by atoms with van der Waals surface area (Å²) in [6, 6.07) is 0.174. The van der Waals surface area contributed by atoms with Gasteiger partial charge in [-0.15, -0.1) is 11.3 Å². The van der Waals surface area contributed by atoms with Gasteiger partial charge in [-0.05, 0) is 19.8 Å². The van der Waals surface area contributed by atoms with Crippen molar-refractivity contribution in [3.8, 4) is 0 Å². The van der Waals surface area contributed by atoms with Gasteiger partial charge in [-0.3, -0.25) is 14.7 Å². The fourth-order valence-corrected chi connectivity index (χ4v) is 4.14. The van der Waals surface area contributed by atoms with E-state index in [9.17, 15) is 9.59 Å². The Morgan fingerprint density at radius 3 is 3.03 bits per heavy atom. The summed E-state index contributed by atoms with van der Waals surface area (Å²) in [5.74, 6) is -0.455. The molecule has 9 nitrogen and oxygen atoms in total. The molecule has 164 valence electrons. The van der Waals surface area contributed by atoms with Crippen molar-refractivity contribution in [2.75, 3.05) is 39.5 Å². The molecule has 0 amide bonds. The number of carbonyl (C=O) groups is 2. The van der Waals surface area contributed by atoms with Crippen LogP contribution in [0.5, 0.6) is 0 Å². The fraction of sp³-hybridized carbons (Fsp3) is 0.600. The smallest absolute Gasteiger partial charge is 0.337 e. The Kier molecular flexibility index (Phi) is 8.35. The molecule has 2 N–H and O–H groups in total. The van der Waals surface area contributed by atoms with E-state index in [-0.39, 0.29) is 25.0 Å². The van der Waals surface area contributed by atoms with E-state index in [0.717, 1.165) is 30.1 Å². The van der Waals surface area contributed by atoms with Crippen molar-refractivity contribution in [3.63, 3.8) is 0 Å². The number of aliphatic carboxylic acids is 1. The quantitative estimate of drug-likeness (QED) is 0.421. The van der Waals surface area contributed by atoms with Crippen molar-refractivity contribution in [2.24, 2.45) is 4.99 Å². The topological polar surface area (TPSA) is 113 Å². The molecule has 3 heterocycles. The number of morpholine rings is 1. The largest absolute Gasteiger partial charge is 0.481 e. The molecule has 3 rings (SSSR count). The van der Waals surface area contributed by atoms with Crippen LogP contribution in [0.1, 0.15) is 37.6 Å². The SMILES string of the molecule is CCOC(=O)C1=C(CN2CCOCC2CCCCC(=O)O)NC(c2nccs2)=NC1. The predicted molar refractivity (Wildman–Crippen MR) is 113 cm³/mol. The number of thiazole rings is 1. The lowest BCUT2D eigenvalue weighted by Gasteiger charge is -2.37. The van der Waals surface area contributed by atoms with Crippen LogP contribution in [0.25, 0.3) is 0 Å². The third-order valence-corrected chi connectivity index (χ3v) is 5.85. The van der Waals surface area contributed by atoms with Crippen LogP contribution >= 0.6 is 11.3 Å². The lowest BCUT2D eigenvalue weighted by Crippen LogP contribution is -2.48. The van der Waals surface area contributed by atoms with Gasteiger partial charge in [0.2, 0.25) is 0 Å².